The third kappa shape index (κ3) is 5.62. The van der Waals surface area contributed by atoms with Crippen molar-refractivity contribution in [1.29, 1.82) is 0 Å². The molecule has 172 valence electrons. The van der Waals surface area contributed by atoms with E-state index in [1.165, 1.54) is 23.1 Å². The second-order valence-electron chi connectivity index (χ2n) is 7.85. The first kappa shape index (κ1) is 22.9. The number of aromatic nitrogens is 1. The zero-order chi connectivity index (χ0) is 24.0. The van der Waals surface area contributed by atoms with Gasteiger partial charge in [-0.25, -0.2) is 4.98 Å². The molecule has 0 unspecified atom stereocenters. The van der Waals surface area contributed by atoms with E-state index in [2.05, 4.69) is 5.32 Å². The summed E-state index contributed by atoms with van der Waals surface area (Å²) in [6, 6.07) is 35.3. The Morgan fingerprint density at radius 2 is 1.37 bits per heavy atom. The number of aromatic hydroxyl groups is 1. The van der Waals surface area contributed by atoms with Crippen molar-refractivity contribution in [3.63, 3.8) is 0 Å². The van der Waals surface area contributed by atoms with E-state index in [0.717, 1.165) is 37.7 Å². The lowest BCUT2D eigenvalue weighted by Gasteiger charge is -2.07. The molecule has 2 N–H and O–H groups in total. The number of carbonyl (C=O) groups excluding carboxylic acids is 1. The van der Waals surface area contributed by atoms with Gasteiger partial charge < -0.3 is 10.4 Å². The SMILES string of the molecule is O=C(CSc1cc(O)cc(-c2ccccc2)c1)Nc1nc(-c2ccccc2)c(-c2ccccc2)s1. The van der Waals surface area contributed by atoms with Gasteiger partial charge in [-0.05, 0) is 34.9 Å². The van der Waals surface area contributed by atoms with Gasteiger partial charge in [0.2, 0.25) is 5.91 Å². The van der Waals surface area contributed by atoms with Crippen LogP contribution in [0.15, 0.2) is 114 Å². The van der Waals surface area contributed by atoms with Crippen LogP contribution in [0.2, 0.25) is 0 Å². The van der Waals surface area contributed by atoms with Crippen LogP contribution in [0.1, 0.15) is 0 Å². The molecule has 0 bridgehead atoms. The van der Waals surface area contributed by atoms with E-state index in [1.54, 1.807) is 12.1 Å². The van der Waals surface area contributed by atoms with Gasteiger partial charge in [0.25, 0.3) is 0 Å². The Morgan fingerprint density at radius 1 is 0.771 bits per heavy atom. The predicted octanol–water partition coefficient (Wildman–Crippen LogP) is 7.58. The highest BCUT2D eigenvalue weighted by Crippen LogP contribution is 2.39. The summed E-state index contributed by atoms with van der Waals surface area (Å²) in [5, 5.41) is 13.7. The number of amides is 1. The first-order chi connectivity index (χ1) is 17.2. The van der Waals surface area contributed by atoms with Crippen molar-refractivity contribution < 1.29 is 9.90 Å². The molecule has 1 amide bonds. The van der Waals surface area contributed by atoms with E-state index < -0.39 is 0 Å². The molecule has 5 aromatic rings. The van der Waals surface area contributed by atoms with Crippen molar-refractivity contribution in [2.75, 3.05) is 11.1 Å². The summed E-state index contributed by atoms with van der Waals surface area (Å²) in [4.78, 5) is 19.4. The van der Waals surface area contributed by atoms with E-state index in [-0.39, 0.29) is 17.4 Å². The van der Waals surface area contributed by atoms with Crippen LogP contribution in [-0.4, -0.2) is 21.8 Å². The molecule has 1 aromatic heterocycles. The summed E-state index contributed by atoms with van der Waals surface area (Å²) >= 11 is 2.85. The normalized spacial score (nSPS) is 10.7. The number of thioether (sulfide) groups is 1. The van der Waals surface area contributed by atoms with Crippen LogP contribution in [0.3, 0.4) is 0 Å². The lowest BCUT2D eigenvalue weighted by Crippen LogP contribution is -2.13. The molecule has 0 spiro atoms. The van der Waals surface area contributed by atoms with Gasteiger partial charge in [-0.2, -0.15) is 0 Å². The quantitative estimate of drug-likeness (QED) is 0.229. The Balaban J connectivity index is 1.33. The van der Waals surface area contributed by atoms with Crippen molar-refractivity contribution in [3.05, 3.63) is 109 Å². The Labute approximate surface area is 212 Å². The number of phenols is 1. The Morgan fingerprint density at radius 3 is 2.03 bits per heavy atom. The molecule has 4 nitrogen and oxygen atoms in total. The maximum atomic E-state index is 12.8. The molecule has 0 aliphatic heterocycles. The fourth-order valence-corrected chi connectivity index (χ4v) is 5.51. The summed E-state index contributed by atoms with van der Waals surface area (Å²) in [7, 11) is 0. The maximum Gasteiger partial charge on any atom is 0.236 e. The van der Waals surface area contributed by atoms with Gasteiger partial charge >= 0.3 is 0 Å². The fraction of sp³-hybridized carbons (Fsp3) is 0.0345. The van der Waals surface area contributed by atoms with Crippen LogP contribution < -0.4 is 5.32 Å². The van der Waals surface area contributed by atoms with Gasteiger partial charge in [-0.3, -0.25) is 4.79 Å². The molecular weight excluding hydrogens is 472 g/mol. The Hall–Kier alpha value is -3.87. The summed E-state index contributed by atoms with van der Waals surface area (Å²) in [5.74, 6) is 0.236. The van der Waals surface area contributed by atoms with Gasteiger partial charge in [0, 0.05) is 10.5 Å². The molecule has 0 fully saturated rings. The predicted molar refractivity (Wildman–Crippen MR) is 146 cm³/mol. The second-order valence-corrected chi connectivity index (χ2v) is 9.90. The fourth-order valence-electron chi connectivity index (χ4n) is 3.72. The highest BCUT2D eigenvalue weighted by molar-refractivity contribution is 8.00. The summed E-state index contributed by atoms with van der Waals surface area (Å²) in [6.45, 7) is 0. The monoisotopic (exact) mass is 494 g/mol. The molecule has 35 heavy (non-hydrogen) atoms. The number of hydrogen-bond acceptors (Lipinski definition) is 5. The third-order valence-corrected chi connectivity index (χ3v) is 7.32. The number of nitrogens with zero attached hydrogens (tertiary/aromatic N) is 1. The summed E-state index contributed by atoms with van der Waals surface area (Å²) in [5.41, 5.74) is 4.84. The number of benzene rings is 4. The van der Waals surface area contributed by atoms with Gasteiger partial charge in [0.1, 0.15) is 5.75 Å². The zero-order valence-electron chi connectivity index (χ0n) is 18.7. The molecular formula is C29H22N2O2S2. The molecule has 4 aromatic carbocycles. The van der Waals surface area contributed by atoms with Gasteiger partial charge in [0.05, 0.1) is 16.3 Å². The van der Waals surface area contributed by atoms with Crippen LogP contribution in [0.5, 0.6) is 5.75 Å². The lowest BCUT2D eigenvalue weighted by molar-refractivity contribution is -0.113. The van der Waals surface area contributed by atoms with Crippen LogP contribution in [0.25, 0.3) is 32.8 Å². The highest BCUT2D eigenvalue weighted by atomic mass is 32.2. The topological polar surface area (TPSA) is 62.2 Å². The van der Waals surface area contributed by atoms with Gasteiger partial charge in [-0.1, -0.05) is 102 Å². The largest absolute Gasteiger partial charge is 0.508 e. The van der Waals surface area contributed by atoms with E-state index >= 15 is 0 Å². The number of thiazole rings is 1. The van der Waals surface area contributed by atoms with Crippen LogP contribution >= 0.6 is 23.1 Å². The molecule has 5 rings (SSSR count). The van der Waals surface area contributed by atoms with E-state index in [0.29, 0.717) is 5.13 Å². The molecule has 6 heteroatoms. The first-order valence-corrected chi connectivity index (χ1v) is 12.9. The minimum Gasteiger partial charge on any atom is -0.508 e. The second kappa shape index (κ2) is 10.6. The van der Waals surface area contributed by atoms with Crippen molar-refractivity contribution >= 4 is 34.1 Å². The van der Waals surface area contributed by atoms with Crippen LogP contribution in [0, 0.1) is 0 Å². The highest BCUT2D eigenvalue weighted by Gasteiger charge is 2.16. The van der Waals surface area contributed by atoms with Gasteiger partial charge in [-0.15, -0.1) is 11.8 Å². The molecule has 0 aliphatic rings. The average Bonchev–Trinajstić information content (AvgIpc) is 3.32. The first-order valence-electron chi connectivity index (χ1n) is 11.1. The van der Waals surface area contributed by atoms with Crippen molar-refractivity contribution in [1.82, 2.24) is 4.98 Å². The molecule has 0 aliphatic carbocycles. The van der Waals surface area contributed by atoms with Crippen LogP contribution in [-0.2, 0) is 4.79 Å². The minimum atomic E-state index is -0.146. The standard InChI is InChI=1S/C29H22N2O2S2/c32-24-16-23(20-10-4-1-5-11-20)17-25(18-24)34-19-26(33)30-29-31-27(21-12-6-2-7-13-21)28(35-29)22-14-8-3-9-15-22/h1-18,32H,19H2,(H,30,31,33). The lowest BCUT2D eigenvalue weighted by atomic mass is 10.1. The number of anilines is 1. The maximum absolute atomic E-state index is 12.8. The van der Waals surface area contributed by atoms with E-state index in [9.17, 15) is 9.90 Å². The average molecular weight is 495 g/mol. The Kier molecular flexibility index (Phi) is 6.93. The summed E-state index contributed by atoms with van der Waals surface area (Å²) in [6.07, 6.45) is 0. The molecule has 0 saturated carbocycles. The number of phenolic OH excluding ortho intramolecular Hbond substituents is 1. The molecule has 0 saturated heterocycles. The molecule has 0 atom stereocenters. The van der Waals surface area contributed by atoms with Crippen molar-refractivity contribution in [2.45, 2.75) is 4.90 Å². The van der Waals surface area contributed by atoms with Crippen molar-refractivity contribution in [2.24, 2.45) is 0 Å². The smallest absolute Gasteiger partial charge is 0.236 e. The molecule has 0 radical (unpaired) electrons. The number of carbonyl (C=O) groups is 1. The number of hydrogen-bond donors (Lipinski definition) is 2. The van der Waals surface area contributed by atoms with Crippen molar-refractivity contribution in [3.8, 4) is 38.6 Å². The van der Waals surface area contributed by atoms with E-state index in [1.807, 2.05) is 97.1 Å². The van der Waals surface area contributed by atoms with E-state index in [4.69, 9.17) is 4.98 Å². The Bertz CT molecular complexity index is 1380. The third-order valence-electron chi connectivity index (χ3n) is 5.33. The number of nitrogens with one attached hydrogen (secondary N) is 1. The minimum absolute atomic E-state index is 0.146. The summed E-state index contributed by atoms with van der Waals surface area (Å²) < 4.78 is 0. The molecule has 1 heterocycles. The van der Waals surface area contributed by atoms with Gasteiger partial charge in [0.15, 0.2) is 5.13 Å². The number of rotatable bonds is 7. The van der Waals surface area contributed by atoms with Crippen LogP contribution in [0.4, 0.5) is 5.13 Å². The zero-order valence-corrected chi connectivity index (χ0v) is 20.4.